The molecule has 1 fully saturated rings. The van der Waals surface area contributed by atoms with Crippen LogP contribution in [0.5, 0.6) is 0 Å². The van der Waals surface area contributed by atoms with Crippen molar-refractivity contribution < 1.29 is 0 Å². The summed E-state index contributed by atoms with van der Waals surface area (Å²) in [6, 6.07) is 8.73. The molecular formula is C20H24BN5. The van der Waals surface area contributed by atoms with Gasteiger partial charge >= 0.3 is 0 Å². The van der Waals surface area contributed by atoms with Gasteiger partial charge in [0, 0.05) is 45.5 Å². The average molecular weight is 345 g/mol. The fourth-order valence-corrected chi connectivity index (χ4v) is 3.55. The minimum atomic E-state index is -0.0901. The lowest BCUT2D eigenvalue weighted by atomic mass is 9.90. The Morgan fingerprint density at radius 1 is 1.19 bits per heavy atom. The first-order chi connectivity index (χ1) is 12.6. The molecule has 0 saturated carbocycles. The summed E-state index contributed by atoms with van der Waals surface area (Å²) in [5.74, 6) is 0.876. The molecule has 0 aromatic heterocycles. The summed E-state index contributed by atoms with van der Waals surface area (Å²) in [7, 11) is 10.2. The maximum Gasteiger partial charge on any atom is 0.147 e. The fraction of sp³-hybridized carbons (Fsp3) is 0.400. The van der Waals surface area contributed by atoms with E-state index in [9.17, 15) is 0 Å². The van der Waals surface area contributed by atoms with Gasteiger partial charge in [0.15, 0.2) is 0 Å². The fourth-order valence-electron chi connectivity index (χ4n) is 3.55. The SMILES string of the molecule is [B]C1=CC=C2N=C(N(C)Cc3cccc(N4CCN(C)CC4)c3)C=NC12. The van der Waals surface area contributed by atoms with Gasteiger partial charge in [0.05, 0.1) is 11.9 Å². The molecule has 1 aromatic carbocycles. The lowest BCUT2D eigenvalue weighted by Crippen LogP contribution is -2.44. The van der Waals surface area contributed by atoms with Crippen molar-refractivity contribution in [1.82, 2.24) is 9.80 Å². The number of benzene rings is 1. The Balaban J connectivity index is 1.44. The zero-order valence-electron chi connectivity index (χ0n) is 15.5. The molecule has 1 aromatic rings. The quantitative estimate of drug-likeness (QED) is 0.782. The zero-order valence-corrected chi connectivity index (χ0v) is 15.5. The summed E-state index contributed by atoms with van der Waals surface area (Å²) >= 11 is 0. The van der Waals surface area contributed by atoms with Gasteiger partial charge in [-0.25, -0.2) is 4.99 Å². The number of likely N-dealkylation sites (N-methyl/N-ethyl adjacent to an activating group) is 1. The molecule has 1 atom stereocenters. The molecule has 0 spiro atoms. The predicted octanol–water partition coefficient (Wildman–Crippen LogP) is 1.67. The third-order valence-corrected chi connectivity index (χ3v) is 5.21. The van der Waals surface area contributed by atoms with Crippen molar-refractivity contribution in [3.8, 4) is 0 Å². The first-order valence-corrected chi connectivity index (χ1v) is 9.13. The Hall–Kier alpha value is -2.34. The van der Waals surface area contributed by atoms with E-state index in [1.54, 1.807) is 0 Å². The molecule has 1 saturated heterocycles. The molecule has 2 aliphatic heterocycles. The van der Waals surface area contributed by atoms with E-state index in [0.717, 1.165) is 49.7 Å². The van der Waals surface area contributed by atoms with Crippen LogP contribution >= 0.6 is 0 Å². The van der Waals surface area contributed by atoms with Crippen LogP contribution in [0.2, 0.25) is 0 Å². The van der Waals surface area contributed by atoms with Crippen LogP contribution in [0, 0.1) is 0 Å². The highest BCUT2D eigenvalue weighted by Crippen LogP contribution is 2.25. The number of hydrogen-bond acceptors (Lipinski definition) is 5. The molecule has 132 valence electrons. The number of allylic oxidation sites excluding steroid dienone is 2. The lowest BCUT2D eigenvalue weighted by molar-refractivity contribution is 0.313. The molecule has 2 heterocycles. The predicted molar refractivity (Wildman–Crippen MR) is 109 cm³/mol. The molecule has 6 heteroatoms. The number of aliphatic imine (C=N–C) groups is 2. The van der Waals surface area contributed by atoms with Crippen molar-refractivity contribution >= 4 is 25.6 Å². The van der Waals surface area contributed by atoms with Crippen molar-refractivity contribution in [3.63, 3.8) is 0 Å². The smallest absolute Gasteiger partial charge is 0.147 e. The third-order valence-electron chi connectivity index (χ3n) is 5.21. The molecule has 1 unspecified atom stereocenters. The van der Waals surface area contributed by atoms with E-state index in [1.165, 1.54) is 11.3 Å². The molecule has 1 aliphatic carbocycles. The maximum atomic E-state index is 5.94. The summed E-state index contributed by atoms with van der Waals surface area (Å²) in [6.07, 6.45) is 5.68. The lowest BCUT2D eigenvalue weighted by Gasteiger charge is -2.34. The summed E-state index contributed by atoms with van der Waals surface area (Å²) in [6.45, 7) is 5.20. The van der Waals surface area contributed by atoms with E-state index in [4.69, 9.17) is 12.8 Å². The van der Waals surface area contributed by atoms with Gasteiger partial charge in [-0.1, -0.05) is 23.7 Å². The van der Waals surface area contributed by atoms with Gasteiger partial charge < -0.3 is 14.7 Å². The summed E-state index contributed by atoms with van der Waals surface area (Å²) < 4.78 is 0. The van der Waals surface area contributed by atoms with Gasteiger partial charge in [0.2, 0.25) is 0 Å². The van der Waals surface area contributed by atoms with Crippen molar-refractivity contribution in [2.75, 3.05) is 45.2 Å². The van der Waals surface area contributed by atoms with Crippen molar-refractivity contribution in [2.24, 2.45) is 9.98 Å². The van der Waals surface area contributed by atoms with E-state index < -0.39 is 0 Å². The number of anilines is 1. The van der Waals surface area contributed by atoms with Crippen LogP contribution in [0.3, 0.4) is 0 Å². The van der Waals surface area contributed by atoms with Crippen LogP contribution in [0.1, 0.15) is 5.56 Å². The largest absolute Gasteiger partial charge is 0.369 e. The highest BCUT2D eigenvalue weighted by Gasteiger charge is 2.23. The summed E-state index contributed by atoms with van der Waals surface area (Å²) in [5.41, 5.74) is 4.28. The second-order valence-corrected chi connectivity index (χ2v) is 7.23. The van der Waals surface area contributed by atoms with Gasteiger partial charge in [-0.3, -0.25) is 4.99 Å². The number of fused-ring (bicyclic) bond motifs is 1. The van der Waals surface area contributed by atoms with Gasteiger partial charge in [-0.05, 0) is 30.8 Å². The first-order valence-electron chi connectivity index (χ1n) is 9.13. The van der Waals surface area contributed by atoms with Gasteiger partial charge in [0.1, 0.15) is 19.7 Å². The molecule has 26 heavy (non-hydrogen) atoms. The molecule has 0 N–H and O–H groups in total. The molecule has 0 bridgehead atoms. The van der Waals surface area contributed by atoms with Gasteiger partial charge in [0.25, 0.3) is 0 Å². The van der Waals surface area contributed by atoms with E-state index in [1.807, 2.05) is 18.4 Å². The number of hydrogen-bond donors (Lipinski definition) is 0. The molecule has 2 radical (unpaired) electrons. The monoisotopic (exact) mass is 345 g/mol. The van der Waals surface area contributed by atoms with Crippen molar-refractivity contribution in [3.05, 3.63) is 53.2 Å². The standard InChI is InChI=1S/C20H24BN5/c1-24-8-10-26(11-9-24)16-5-3-4-15(12-16)14-25(2)19-13-22-20-17(21)6-7-18(20)23-19/h3-7,12-13,20H,8-11,14H2,1-2H3. The maximum absolute atomic E-state index is 5.94. The molecule has 4 rings (SSSR count). The van der Waals surface area contributed by atoms with Crippen LogP contribution < -0.4 is 4.90 Å². The van der Waals surface area contributed by atoms with E-state index in [2.05, 4.69) is 58.1 Å². The normalized spacial score (nSPS) is 22.6. The molecular weight excluding hydrogens is 321 g/mol. The average Bonchev–Trinajstić information content (AvgIpc) is 3.03. The van der Waals surface area contributed by atoms with E-state index in [-0.39, 0.29) is 6.04 Å². The van der Waals surface area contributed by atoms with Gasteiger partial charge in [-0.2, -0.15) is 0 Å². The van der Waals surface area contributed by atoms with E-state index >= 15 is 0 Å². The minimum Gasteiger partial charge on any atom is -0.369 e. The number of piperazine rings is 1. The number of amidine groups is 1. The van der Waals surface area contributed by atoms with Crippen LogP contribution in [-0.2, 0) is 6.54 Å². The topological polar surface area (TPSA) is 34.4 Å². The Morgan fingerprint density at radius 3 is 2.81 bits per heavy atom. The third kappa shape index (κ3) is 3.47. The van der Waals surface area contributed by atoms with Gasteiger partial charge in [-0.15, -0.1) is 0 Å². The minimum absolute atomic E-state index is 0.0901. The van der Waals surface area contributed by atoms with Crippen LogP contribution in [-0.4, -0.2) is 76.0 Å². The first kappa shape index (κ1) is 17.1. The molecule has 0 amide bonds. The Labute approximate surface area is 156 Å². The number of nitrogens with zero attached hydrogens (tertiary/aromatic N) is 5. The molecule has 3 aliphatic rings. The summed E-state index contributed by atoms with van der Waals surface area (Å²) in [4.78, 5) is 16.2. The Kier molecular flexibility index (Phi) is 4.68. The van der Waals surface area contributed by atoms with Crippen LogP contribution in [0.4, 0.5) is 5.69 Å². The summed E-state index contributed by atoms with van der Waals surface area (Å²) in [5, 5.41) is 0. The molecule has 5 nitrogen and oxygen atoms in total. The highest BCUT2D eigenvalue weighted by molar-refractivity contribution is 6.31. The Bertz CT molecular complexity index is 802. The zero-order chi connectivity index (χ0) is 18.1. The Morgan fingerprint density at radius 2 is 2.00 bits per heavy atom. The number of rotatable bonds is 3. The highest BCUT2D eigenvalue weighted by atomic mass is 15.2. The van der Waals surface area contributed by atoms with Crippen LogP contribution in [0.25, 0.3) is 0 Å². The van der Waals surface area contributed by atoms with Crippen LogP contribution in [0.15, 0.2) is 57.6 Å². The van der Waals surface area contributed by atoms with E-state index in [0.29, 0.717) is 0 Å². The second kappa shape index (κ2) is 7.12. The van der Waals surface area contributed by atoms with Crippen molar-refractivity contribution in [1.29, 1.82) is 0 Å². The second-order valence-electron chi connectivity index (χ2n) is 7.23. The van der Waals surface area contributed by atoms with Crippen molar-refractivity contribution in [2.45, 2.75) is 12.6 Å².